The topological polar surface area (TPSA) is 82.8 Å². The minimum Gasteiger partial charge on any atom is -0.494 e. The number of carbonyl (C=O) groups excluding carboxylic acids is 1. The summed E-state index contributed by atoms with van der Waals surface area (Å²) in [6.07, 6.45) is 2.44. The summed E-state index contributed by atoms with van der Waals surface area (Å²) in [5, 5.41) is 2.89. The largest absolute Gasteiger partial charge is 0.494 e. The van der Waals surface area contributed by atoms with Crippen LogP contribution in [0.1, 0.15) is 19.3 Å². The minimum absolute atomic E-state index is 0.0338. The maximum Gasteiger partial charge on any atom is 0.227 e. The first-order valence-electron chi connectivity index (χ1n) is 6.95. The highest BCUT2D eigenvalue weighted by Gasteiger charge is 2.28. The van der Waals surface area contributed by atoms with Crippen LogP contribution >= 0.6 is 0 Å². The molecular formula is C15H22N2O4. The van der Waals surface area contributed by atoms with Crippen LogP contribution in [-0.4, -0.2) is 33.3 Å². The third-order valence-corrected chi connectivity index (χ3v) is 3.81. The third-order valence-electron chi connectivity index (χ3n) is 3.81. The Morgan fingerprint density at radius 3 is 2.24 bits per heavy atom. The quantitative estimate of drug-likeness (QED) is 0.865. The molecule has 3 N–H and O–H groups in total. The van der Waals surface area contributed by atoms with Crippen molar-refractivity contribution in [3.8, 4) is 17.2 Å². The van der Waals surface area contributed by atoms with E-state index in [1.54, 1.807) is 33.5 Å². The lowest BCUT2D eigenvalue weighted by Gasteiger charge is -2.16. The molecule has 0 heterocycles. The van der Waals surface area contributed by atoms with Gasteiger partial charge in [0.1, 0.15) is 5.75 Å². The molecule has 0 bridgehead atoms. The average Bonchev–Trinajstić information content (AvgIpc) is 2.93. The average molecular weight is 294 g/mol. The molecule has 1 saturated carbocycles. The molecule has 0 spiro atoms. The normalized spacial score (nSPS) is 21.0. The van der Waals surface area contributed by atoms with Crippen molar-refractivity contribution in [3.63, 3.8) is 0 Å². The van der Waals surface area contributed by atoms with Crippen LogP contribution in [0.5, 0.6) is 17.2 Å². The summed E-state index contributed by atoms with van der Waals surface area (Å²) in [7, 11) is 4.64. The number of anilines is 1. The van der Waals surface area contributed by atoms with Crippen LogP contribution in [-0.2, 0) is 4.79 Å². The molecule has 1 aliphatic carbocycles. The van der Waals surface area contributed by atoms with E-state index in [9.17, 15) is 4.79 Å². The summed E-state index contributed by atoms with van der Waals surface area (Å²) in [6, 6.07) is 3.51. The molecule has 0 saturated heterocycles. The Balaban J connectivity index is 2.20. The molecule has 1 aromatic carbocycles. The lowest BCUT2D eigenvalue weighted by molar-refractivity contribution is -0.119. The van der Waals surface area contributed by atoms with Gasteiger partial charge in [-0.2, -0.15) is 0 Å². The predicted octanol–water partition coefficient (Wildman–Crippen LogP) is 1.78. The van der Waals surface area contributed by atoms with Gasteiger partial charge in [0.05, 0.1) is 27.0 Å². The number of benzene rings is 1. The summed E-state index contributed by atoms with van der Waals surface area (Å²) < 4.78 is 15.8. The van der Waals surface area contributed by atoms with Gasteiger partial charge in [-0.15, -0.1) is 0 Å². The summed E-state index contributed by atoms with van der Waals surface area (Å²) in [6.45, 7) is 0. The van der Waals surface area contributed by atoms with E-state index in [-0.39, 0.29) is 17.9 Å². The molecule has 1 amide bonds. The molecule has 2 unspecified atom stereocenters. The fourth-order valence-corrected chi connectivity index (χ4v) is 2.62. The number of hydrogen-bond acceptors (Lipinski definition) is 5. The Morgan fingerprint density at radius 1 is 1.10 bits per heavy atom. The van der Waals surface area contributed by atoms with E-state index in [2.05, 4.69) is 5.32 Å². The van der Waals surface area contributed by atoms with Crippen molar-refractivity contribution in [2.24, 2.45) is 11.7 Å². The van der Waals surface area contributed by atoms with E-state index < -0.39 is 0 Å². The summed E-state index contributed by atoms with van der Waals surface area (Å²) in [4.78, 5) is 12.3. The van der Waals surface area contributed by atoms with Crippen molar-refractivity contribution in [3.05, 3.63) is 12.1 Å². The highest BCUT2D eigenvalue weighted by Crippen LogP contribution is 2.38. The maximum atomic E-state index is 12.3. The van der Waals surface area contributed by atoms with E-state index in [1.807, 2.05) is 0 Å². The Labute approximate surface area is 124 Å². The van der Waals surface area contributed by atoms with Gasteiger partial charge in [-0.25, -0.2) is 0 Å². The number of carbonyl (C=O) groups is 1. The van der Waals surface area contributed by atoms with Crippen LogP contribution in [0.25, 0.3) is 0 Å². The van der Waals surface area contributed by atoms with E-state index in [4.69, 9.17) is 19.9 Å². The van der Waals surface area contributed by atoms with Gasteiger partial charge in [0, 0.05) is 24.1 Å². The molecule has 0 aliphatic heterocycles. The molecule has 6 nitrogen and oxygen atoms in total. The third kappa shape index (κ3) is 3.39. The smallest absolute Gasteiger partial charge is 0.227 e. The maximum absolute atomic E-state index is 12.3. The molecule has 116 valence electrons. The Morgan fingerprint density at radius 2 is 1.71 bits per heavy atom. The summed E-state index contributed by atoms with van der Waals surface area (Å²) >= 11 is 0. The van der Waals surface area contributed by atoms with Crippen LogP contribution in [0.3, 0.4) is 0 Å². The molecular weight excluding hydrogens is 272 g/mol. The van der Waals surface area contributed by atoms with Crippen molar-refractivity contribution < 1.29 is 19.0 Å². The van der Waals surface area contributed by atoms with Crippen LogP contribution in [0, 0.1) is 5.92 Å². The van der Waals surface area contributed by atoms with Crippen LogP contribution in [0.15, 0.2) is 12.1 Å². The Bertz CT molecular complexity index is 519. The van der Waals surface area contributed by atoms with E-state index in [1.165, 1.54) is 0 Å². The number of hydrogen-bond donors (Lipinski definition) is 2. The van der Waals surface area contributed by atoms with Gasteiger partial charge in [-0.3, -0.25) is 4.79 Å². The number of nitrogens with two attached hydrogens (primary N) is 1. The van der Waals surface area contributed by atoms with E-state index in [0.717, 1.165) is 19.3 Å². The molecule has 1 fully saturated rings. The van der Waals surface area contributed by atoms with Gasteiger partial charge < -0.3 is 25.3 Å². The van der Waals surface area contributed by atoms with Crippen LogP contribution < -0.4 is 25.3 Å². The monoisotopic (exact) mass is 294 g/mol. The van der Waals surface area contributed by atoms with Crippen molar-refractivity contribution in [2.45, 2.75) is 25.3 Å². The molecule has 1 aromatic rings. The SMILES string of the molecule is COc1cc(OC)c(OC)cc1NC(=O)C1CCC(N)C1. The van der Waals surface area contributed by atoms with Crippen LogP contribution in [0.2, 0.25) is 0 Å². The molecule has 0 radical (unpaired) electrons. The summed E-state index contributed by atoms with van der Waals surface area (Å²) in [5.74, 6) is 1.54. The fraction of sp³-hybridized carbons (Fsp3) is 0.533. The number of rotatable bonds is 5. The van der Waals surface area contributed by atoms with Gasteiger partial charge in [0.25, 0.3) is 0 Å². The van der Waals surface area contributed by atoms with Crippen molar-refractivity contribution in [2.75, 3.05) is 26.6 Å². The van der Waals surface area contributed by atoms with E-state index in [0.29, 0.717) is 22.9 Å². The summed E-state index contributed by atoms with van der Waals surface area (Å²) in [5.41, 5.74) is 6.42. The van der Waals surface area contributed by atoms with Gasteiger partial charge in [0.2, 0.25) is 5.91 Å². The highest BCUT2D eigenvalue weighted by atomic mass is 16.5. The molecule has 21 heavy (non-hydrogen) atoms. The van der Waals surface area contributed by atoms with Gasteiger partial charge in [-0.1, -0.05) is 0 Å². The molecule has 0 aromatic heterocycles. The highest BCUT2D eigenvalue weighted by molar-refractivity contribution is 5.94. The first-order valence-corrected chi connectivity index (χ1v) is 6.95. The van der Waals surface area contributed by atoms with Crippen LogP contribution in [0.4, 0.5) is 5.69 Å². The number of methoxy groups -OCH3 is 3. The van der Waals surface area contributed by atoms with Gasteiger partial charge >= 0.3 is 0 Å². The zero-order chi connectivity index (χ0) is 15.4. The van der Waals surface area contributed by atoms with Crippen molar-refractivity contribution in [1.29, 1.82) is 0 Å². The Hall–Kier alpha value is -1.95. The lowest BCUT2D eigenvalue weighted by atomic mass is 10.1. The van der Waals surface area contributed by atoms with Crippen molar-refractivity contribution >= 4 is 11.6 Å². The second-order valence-corrected chi connectivity index (χ2v) is 5.17. The predicted molar refractivity (Wildman–Crippen MR) is 80.0 cm³/mol. The second-order valence-electron chi connectivity index (χ2n) is 5.17. The molecule has 6 heteroatoms. The number of ether oxygens (including phenoxy) is 3. The molecule has 2 rings (SSSR count). The first kappa shape index (κ1) is 15.4. The Kier molecular flexibility index (Phi) is 4.90. The fourth-order valence-electron chi connectivity index (χ4n) is 2.62. The first-order chi connectivity index (χ1) is 10.1. The zero-order valence-corrected chi connectivity index (χ0v) is 12.6. The zero-order valence-electron chi connectivity index (χ0n) is 12.6. The van der Waals surface area contributed by atoms with Crippen molar-refractivity contribution in [1.82, 2.24) is 0 Å². The van der Waals surface area contributed by atoms with Gasteiger partial charge in [-0.05, 0) is 19.3 Å². The minimum atomic E-state index is -0.0437. The van der Waals surface area contributed by atoms with Gasteiger partial charge in [0.15, 0.2) is 11.5 Å². The standard InChI is InChI=1S/C15H22N2O4/c1-19-12-8-14(21-3)13(20-2)7-11(12)17-15(18)9-4-5-10(16)6-9/h7-10H,4-6,16H2,1-3H3,(H,17,18). The number of amides is 1. The molecule has 1 aliphatic rings. The second kappa shape index (κ2) is 6.67. The lowest BCUT2D eigenvalue weighted by Crippen LogP contribution is -2.23. The number of nitrogens with one attached hydrogen (secondary N) is 1. The molecule has 2 atom stereocenters. The van der Waals surface area contributed by atoms with E-state index >= 15 is 0 Å².